The van der Waals surface area contributed by atoms with Gasteiger partial charge in [0.1, 0.15) is 19.0 Å². The molecule has 0 radical (unpaired) electrons. The number of fused-ring (bicyclic) bond motifs is 3. The Bertz CT molecular complexity index is 1020. The molecular weight excluding hydrogens is 358 g/mol. The van der Waals surface area contributed by atoms with Crippen LogP contribution in [0.15, 0.2) is 23.0 Å². The molecule has 2 aromatic rings. The van der Waals surface area contributed by atoms with Crippen LogP contribution in [0.25, 0.3) is 0 Å². The van der Waals surface area contributed by atoms with Crippen LogP contribution in [0.4, 0.5) is 0 Å². The zero-order valence-electron chi connectivity index (χ0n) is 15.9. The van der Waals surface area contributed by atoms with Gasteiger partial charge in [0.2, 0.25) is 0 Å². The summed E-state index contributed by atoms with van der Waals surface area (Å²) in [7, 11) is 0. The monoisotopic (exact) mass is 381 g/mol. The van der Waals surface area contributed by atoms with Gasteiger partial charge in [0, 0.05) is 29.6 Å². The molecule has 1 unspecified atom stereocenters. The summed E-state index contributed by atoms with van der Waals surface area (Å²) < 4.78 is 11.2. The second-order valence-corrected chi connectivity index (χ2v) is 7.95. The van der Waals surface area contributed by atoms with Crippen molar-refractivity contribution < 1.29 is 14.3 Å². The molecule has 3 aliphatic rings. The number of ether oxygens (including phenoxy) is 2. The first-order valence-corrected chi connectivity index (χ1v) is 9.85. The van der Waals surface area contributed by atoms with Gasteiger partial charge in [-0.15, -0.1) is 0 Å². The minimum Gasteiger partial charge on any atom is -0.486 e. The number of nitrogens with one attached hydrogen (secondary N) is 1. The van der Waals surface area contributed by atoms with Crippen molar-refractivity contribution in [1.82, 2.24) is 14.9 Å². The smallest absolute Gasteiger partial charge is 0.254 e. The lowest BCUT2D eigenvalue weighted by molar-refractivity contribution is 0.0632. The Labute approximate surface area is 162 Å². The molecule has 1 fully saturated rings. The Morgan fingerprint density at radius 3 is 2.89 bits per heavy atom. The first kappa shape index (κ1) is 17.3. The fourth-order valence-corrected chi connectivity index (χ4v) is 4.83. The molecule has 3 heterocycles. The van der Waals surface area contributed by atoms with E-state index in [2.05, 4.69) is 9.97 Å². The van der Waals surface area contributed by atoms with Crippen molar-refractivity contribution in [2.24, 2.45) is 0 Å². The number of H-pyrrole nitrogens is 1. The fraction of sp³-hybridized carbons (Fsp3) is 0.476. The number of amides is 1. The summed E-state index contributed by atoms with van der Waals surface area (Å²) in [5.74, 6) is 1.94. The Morgan fingerprint density at radius 2 is 2.04 bits per heavy atom. The Balaban J connectivity index is 1.44. The molecule has 1 aromatic carbocycles. The number of aryl methyl sites for hydroxylation is 1. The summed E-state index contributed by atoms with van der Waals surface area (Å²) in [4.78, 5) is 34.9. The molecule has 146 valence electrons. The van der Waals surface area contributed by atoms with E-state index in [1.165, 1.54) is 0 Å². The van der Waals surface area contributed by atoms with Gasteiger partial charge in [-0.1, -0.05) is 0 Å². The molecule has 1 saturated heterocycles. The van der Waals surface area contributed by atoms with Crippen LogP contribution >= 0.6 is 0 Å². The third-order valence-electron chi connectivity index (χ3n) is 6.14. The lowest BCUT2D eigenvalue weighted by Crippen LogP contribution is -2.48. The Kier molecular flexibility index (Phi) is 3.92. The highest BCUT2D eigenvalue weighted by Gasteiger charge is 2.45. The van der Waals surface area contributed by atoms with E-state index >= 15 is 0 Å². The fourth-order valence-electron chi connectivity index (χ4n) is 4.83. The number of piperidine rings is 1. The number of hydrogen-bond acceptors (Lipinski definition) is 5. The maximum absolute atomic E-state index is 13.2. The predicted octanol–water partition coefficient (Wildman–Crippen LogP) is 1.97. The van der Waals surface area contributed by atoms with Gasteiger partial charge < -0.3 is 19.4 Å². The maximum atomic E-state index is 13.2. The Hall–Kier alpha value is -2.83. The minimum atomic E-state index is -0.212. The number of likely N-dealkylation sites (tertiary alicyclic amines) is 1. The lowest BCUT2D eigenvalue weighted by Gasteiger charge is -2.40. The van der Waals surface area contributed by atoms with Crippen molar-refractivity contribution in [2.45, 2.75) is 38.0 Å². The van der Waals surface area contributed by atoms with Crippen LogP contribution in [0.2, 0.25) is 0 Å². The number of aromatic amines is 1. The van der Waals surface area contributed by atoms with E-state index in [1.807, 2.05) is 11.8 Å². The van der Waals surface area contributed by atoms with Crippen LogP contribution in [0.3, 0.4) is 0 Å². The molecule has 5 rings (SSSR count). The van der Waals surface area contributed by atoms with Gasteiger partial charge in [-0.25, -0.2) is 4.98 Å². The van der Waals surface area contributed by atoms with Gasteiger partial charge in [0.05, 0.1) is 5.69 Å². The van der Waals surface area contributed by atoms with Crippen molar-refractivity contribution in [3.05, 3.63) is 51.2 Å². The molecule has 1 aromatic heterocycles. The van der Waals surface area contributed by atoms with Gasteiger partial charge in [0.25, 0.3) is 11.5 Å². The number of carbonyl (C=O) groups is 1. The molecule has 28 heavy (non-hydrogen) atoms. The van der Waals surface area contributed by atoms with Crippen LogP contribution < -0.4 is 15.0 Å². The third kappa shape index (κ3) is 2.68. The van der Waals surface area contributed by atoms with E-state index < -0.39 is 0 Å². The lowest BCUT2D eigenvalue weighted by atomic mass is 9.77. The molecule has 1 aliphatic carbocycles. The molecule has 0 saturated carbocycles. The third-order valence-corrected chi connectivity index (χ3v) is 6.14. The zero-order chi connectivity index (χ0) is 19.3. The normalized spacial score (nSPS) is 23.0. The summed E-state index contributed by atoms with van der Waals surface area (Å²) in [5, 5.41) is 0. The molecule has 2 aliphatic heterocycles. The highest BCUT2D eigenvalue weighted by atomic mass is 16.6. The topological polar surface area (TPSA) is 84.5 Å². The van der Waals surface area contributed by atoms with Crippen molar-refractivity contribution in [3.63, 3.8) is 0 Å². The molecule has 7 nitrogen and oxygen atoms in total. The van der Waals surface area contributed by atoms with E-state index in [0.717, 1.165) is 36.9 Å². The highest BCUT2D eigenvalue weighted by Crippen LogP contribution is 2.43. The first-order valence-electron chi connectivity index (χ1n) is 9.85. The summed E-state index contributed by atoms with van der Waals surface area (Å²) in [6, 6.07) is 5.37. The number of rotatable bonds is 1. The van der Waals surface area contributed by atoms with Gasteiger partial charge in [-0.05, 0) is 50.8 Å². The van der Waals surface area contributed by atoms with Crippen molar-refractivity contribution in [3.8, 4) is 11.5 Å². The van der Waals surface area contributed by atoms with Crippen LogP contribution in [-0.2, 0) is 11.8 Å². The minimum absolute atomic E-state index is 0.00828. The predicted molar refractivity (Wildman–Crippen MR) is 102 cm³/mol. The standard InChI is InChI=1S/C21H23N3O4/c1-13-22-18-15(19(25)23-13)5-7-21(18)6-2-8-24(12-21)20(26)14-3-4-16-17(11-14)28-10-9-27-16/h3-4,11H,2,5-10,12H2,1H3,(H,22,23,25). The van der Waals surface area contributed by atoms with E-state index in [1.54, 1.807) is 18.2 Å². The average molecular weight is 381 g/mol. The van der Waals surface area contributed by atoms with E-state index in [4.69, 9.17) is 9.47 Å². The number of hydrogen-bond donors (Lipinski definition) is 1. The Morgan fingerprint density at radius 1 is 1.21 bits per heavy atom. The molecule has 1 amide bonds. The number of benzene rings is 1. The summed E-state index contributed by atoms with van der Waals surface area (Å²) in [5.41, 5.74) is 2.05. The van der Waals surface area contributed by atoms with Crippen molar-refractivity contribution >= 4 is 5.91 Å². The number of carbonyl (C=O) groups excluding carboxylic acids is 1. The van der Waals surface area contributed by atoms with E-state index in [0.29, 0.717) is 49.2 Å². The summed E-state index contributed by atoms with van der Waals surface area (Å²) in [6.07, 6.45) is 3.46. The molecular formula is C21H23N3O4. The first-order chi connectivity index (χ1) is 13.6. The van der Waals surface area contributed by atoms with Crippen LogP contribution in [-0.4, -0.2) is 47.1 Å². The molecule has 1 spiro atoms. The second kappa shape index (κ2) is 6.36. The van der Waals surface area contributed by atoms with Crippen molar-refractivity contribution in [2.75, 3.05) is 26.3 Å². The van der Waals surface area contributed by atoms with Gasteiger partial charge in [-0.3, -0.25) is 9.59 Å². The van der Waals surface area contributed by atoms with Crippen LogP contribution in [0.5, 0.6) is 11.5 Å². The van der Waals surface area contributed by atoms with E-state index in [-0.39, 0.29) is 16.9 Å². The largest absolute Gasteiger partial charge is 0.486 e. The average Bonchev–Trinajstić information content (AvgIpc) is 3.05. The zero-order valence-corrected chi connectivity index (χ0v) is 15.9. The van der Waals surface area contributed by atoms with Crippen molar-refractivity contribution in [1.29, 1.82) is 0 Å². The molecule has 1 N–H and O–H groups in total. The SMILES string of the molecule is Cc1nc2c(c(=O)[nH]1)CCC21CCCN(C(=O)c2ccc3c(c2)OCCO3)C1. The van der Waals surface area contributed by atoms with Crippen LogP contribution in [0.1, 0.15) is 46.7 Å². The molecule has 0 bridgehead atoms. The summed E-state index contributed by atoms with van der Waals surface area (Å²) >= 11 is 0. The van der Waals surface area contributed by atoms with Crippen LogP contribution in [0, 0.1) is 6.92 Å². The number of aromatic nitrogens is 2. The number of nitrogens with zero attached hydrogens (tertiary/aromatic N) is 2. The van der Waals surface area contributed by atoms with E-state index in [9.17, 15) is 9.59 Å². The summed E-state index contributed by atoms with van der Waals surface area (Å²) in [6.45, 7) is 4.15. The van der Waals surface area contributed by atoms with Gasteiger partial charge >= 0.3 is 0 Å². The van der Waals surface area contributed by atoms with Gasteiger partial charge in [-0.2, -0.15) is 0 Å². The quantitative estimate of drug-likeness (QED) is 0.816. The highest BCUT2D eigenvalue weighted by molar-refractivity contribution is 5.95. The molecule has 1 atom stereocenters. The van der Waals surface area contributed by atoms with Gasteiger partial charge in [0.15, 0.2) is 11.5 Å². The molecule has 7 heteroatoms. The second-order valence-electron chi connectivity index (χ2n) is 7.95. The maximum Gasteiger partial charge on any atom is 0.254 e.